The molecule has 2 aliphatic rings. The number of aliphatic hydroxyl groups excluding tert-OH is 1. The summed E-state index contributed by atoms with van der Waals surface area (Å²) in [4.78, 5) is 22.1. The van der Waals surface area contributed by atoms with Gasteiger partial charge in [0.05, 0.1) is 77.0 Å². The number of allylic oxidation sites excluding steroid dienone is 1. The normalized spacial score (nSPS) is 11.2. The van der Waals surface area contributed by atoms with Crippen molar-refractivity contribution in [3.63, 3.8) is 0 Å². The van der Waals surface area contributed by atoms with Gasteiger partial charge in [-0.3, -0.25) is 4.99 Å². The van der Waals surface area contributed by atoms with E-state index in [4.69, 9.17) is 52.0 Å². The molecule has 0 unspecified atom stereocenters. The molecule has 336 valence electrons. The molecule has 1 aliphatic carbocycles. The van der Waals surface area contributed by atoms with Crippen molar-refractivity contribution in [2.75, 3.05) is 77.9 Å². The first-order valence-electron chi connectivity index (χ1n) is 18.1. The van der Waals surface area contributed by atoms with Crippen molar-refractivity contribution in [1.82, 2.24) is 0 Å². The number of aryl methyl sites for hydroxylation is 1. The Morgan fingerprint density at radius 3 is 1.63 bits per heavy atom. The van der Waals surface area contributed by atoms with E-state index in [1.807, 2.05) is 60.7 Å². The second kappa shape index (κ2) is 41.6. The third-order valence-corrected chi connectivity index (χ3v) is 6.59. The molecule has 1 heterocycles. The van der Waals surface area contributed by atoms with Gasteiger partial charge in [0.15, 0.2) is 0 Å². The molecule has 0 aromatic heterocycles. The molecule has 0 radical (unpaired) electrons. The van der Waals surface area contributed by atoms with Crippen LogP contribution in [0.1, 0.15) is 28.7 Å². The second-order valence-corrected chi connectivity index (χ2v) is 11.7. The van der Waals surface area contributed by atoms with Crippen molar-refractivity contribution < 1.29 is 127 Å². The van der Waals surface area contributed by atoms with Gasteiger partial charge in [0, 0.05) is 11.1 Å². The number of rotatable bonds is 13. The van der Waals surface area contributed by atoms with E-state index in [-0.39, 0.29) is 58.0 Å². The van der Waals surface area contributed by atoms with E-state index >= 15 is 0 Å². The van der Waals surface area contributed by atoms with Crippen molar-refractivity contribution in [2.24, 2.45) is 4.99 Å². The quantitative estimate of drug-likeness (QED) is 0.0337. The molecule has 3 aromatic rings. The van der Waals surface area contributed by atoms with Crippen LogP contribution in [0.15, 0.2) is 96.0 Å². The molecule has 62 heavy (non-hydrogen) atoms. The van der Waals surface area contributed by atoms with E-state index in [2.05, 4.69) is 79.7 Å². The van der Waals surface area contributed by atoms with Crippen molar-refractivity contribution in [2.45, 2.75) is 25.2 Å². The number of carbonyl (C=O) groups excluding carboxylic acids is 1. The molecular weight excluding hydrogens is 921 g/mol. The Bertz CT molecular complexity index is 1650. The van der Waals surface area contributed by atoms with E-state index in [0.717, 1.165) is 43.0 Å². The predicted molar refractivity (Wildman–Crippen MR) is 219 cm³/mol. The van der Waals surface area contributed by atoms with Gasteiger partial charge in [-0.15, -0.1) is 36.6 Å². The monoisotopic (exact) mass is 970 g/mol. The van der Waals surface area contributed by atoms with Crippen LogP contribution in [0.2, 0.25) is 0 Å². The summed E-state index contributed by atoms with van der Waals surface area (Å²) in [6, 6.07) is 28.5. The van der Waals surface area contributed by atoms with E-state index < -0.39 is 24.3 Å². The third-order valence-electron chi connectivity index (χ3n) is 6.27. The fourth-order valence-corrected chi connectivity index (χ4v) is 3.66. The Balaban J connectivity index is -0.000000695. The maximum absolute atomic E-state index is 10.6. The maximum atomic E-state index is 10.6. The molecule has 0 bridgehead atoms. The minimum absolute atomic E-state index is 0. The van der Waals surface area contributed by atoms with Crippen molar-refractivity contribution in [3.8, 4) is 24.7 Å². The number of quaternary nitrogens is 1. The first-order valence-corrected chi connectivity index (χ1v) is 19.3. The molecule has 0 atom stereocenters. The Morgan fingerprint density at radius 1 is 0.823 bits per heavy atom. The van der Waals surface area contributed by atoms with Crippen LogP contribution in [-0.4, -0.2) is 118 Å². The Kier molecular flexibility index (Phi) is 42.2. The fraction of sp³-hybridized carbons (Fsp3) is 0.372. The molecular formula is C43H50BrF6KN2O9. The molecule has 0 amide bonds. The number of nitrogens with zero attached hydrogens (tertiary/aromatic N) is 1. The number of benzene rings is 3. The standard InChI is InChI=1S/C15H15NO.C10H9.C9H17NO3.C3H3Br.2C2HF3O2.C2H4O.K/c17-12-11-16-15(13-7-3-1-4-8-13)14-9-5-2-6-10-14;1-2-6-10-8-4-3-7-9(10)5-1;1-2-4-11-6-8-13-9-7-12-5-3-10;1-2-3-4;2*3-2(4,5)1(6)7;1-2-3-1;/h1-10,17H,11-12H2;1-3,5-6H,4,8H2;1H,3-10H2;1H,3H2;2*(H,6,7);1-2H2;/q;-1;;;;;;+1. The van der Waals surface area contributed by atoms with Crippen LogP contribution in [-0.2, 0) is 35.0 Å². The van der Waals surface area contributed by atoms with Crippen LogP contribution < -0.4 is 62.2 Å². The van der Waals surface area contributed by atoms with Crippen LogP contribution >= 0.6 is 15.9 Å². The number of hydrogen-bond donors (Lipinski definition) is 3. The van der Waals surface area contributed by atoms with Crippen molar-refractivity contribution in [1.29, 1.82) is 0 Å². The summed E-state index contributed by atoms with van der Waals surface area (Å²) in [7, 11) is 0. The van der Waals surface area contributed by atoms with E-state index in [9.17, 15) is 26.3 Å². The zero-order valence-electron chi connectivity index (χ0n) is 34.3. The van der Waals surface area contributed by atoms with Gasteiger partial charge < -0.3 is 44.8 Å². The number of aliphatic hydroxyl groups is 1. The largest absolute Gasteiger partial charge is 1.00 e. The summed E-state index contributed by atoms with van der Waals surface area (Å²) in [5.74, 6) is -1.04. The van der Waals surface area contributed by atoms with Crippen LogP contribution in [0.5, 0.6) is 0 Å². The van der Waals surface area contributed by atoms with Gasteiger partial charge in [0.2, 0.25) is 0 Å². The number of alkyl halides is 7. The number of hydrogen-bond acceptors (Lipinski definition) is 9. The smallest absolute Gasteiger partial charge is 0.542 e. The number of halogens is 7. The van der Waals surface area contributed by atoms with Gasteiger partial charge in [0.25, 0.3) is 0 Å². The summed E-state index contributed by atoms with van der Waals surface area (Å²) >= 11 is 3.01. The molecule has 0 saturated carbocycles. The predicted octanol–water partition coefficient (Wildman–Crippen LogP) is 1.73. The topological polar surface area (TPSA) is 178 Å². The average molecular weight is 972 g/mol. The van der Waals surface area contributed by atoms with Gasteiger partial charge in [0.1, 0.15) is 12.6 Å². The number of ether oxygens (including phenoxy) is 4. The number of carboxylic acid groups (broad SMARTS) is 2. The minimum atomic E-state index is -5.19. The number of carboxylic acids is 2. The van der Waals surface area contributed by atoms with Crippen LogP contribution in [0.25, 0.3) is 0 Å². The SMILES string of the molecule is C#CCBr.C#CCOCCOCCOCC[NH3+].C1CO1.O=C(O)C(F)(F)F.O=C([O-])C(F)(F)F.OCCN=C(c1ccccc1)c1ccccc1.[C-]1=CCCc2ccccc21.[K+]. The van der Waals surface area contributed by atoms with Gasteiger partial charge in [-0.25, -0.2) is 4.79 Å². The molecule has 19 heteroatoms. The average Bonchev–Trinajstić information content (AvgIpc) is 4.15. The minimum Gasteiger partial charge on any atom is -0.542 e. The van der Waals surface area contributed by atoms with Gasteiger partial charge in [-0.1, -0.05) is 107 Å². The number of terminal acetylenes is 2. The first-order chi connectivity index (χ1) is 29.1. The van der Waals surface area contributed by atoms with Gasteiger partial charge in [-0.05, 0) is 0 Å². The van der Waals surface area contributed by atoms with Gasteiger partial charge >= 0.3 is 69.7 Å². The van der Waals surface area contributed by atoms with Crippen LogP contribution in [0, 0.1) is 30.8 Å². The Labute approximate surface area is 409 Å². The van der Waals surface area contributed by atoms with Crippen molar-refractivity contribution >= 4 is 33.6 Å². The summed E-state index contributed by atoms with van der Waals surface area (Å²) in [6.07, 6.45) is 7.12. The summed E-state index contributed by atoms with van der Waals surface area (Å²) in [5.41, 5.74) is 9.44. The summed E-state index contributed by atoms with van der Waals surface area (Å²) in [6.45, 7) is 6.66. The van der Waals surface area contributed by atoms with E-state index in [1.165, 1.54) is 17.5 Å². The number of fused-ring (bicyclic) bond motifs is 1. The van der Waals surface area contributed by atoms with Crippen LogP contribution in [0.4, 0.5) is 26.3 Å². The Hall–Kier alpha value is -3.41. The molecule has 1 aliphatic heterocycles. The number of aliphatic imine (C=N–C) groups is 1. The molecule has 0 spiro atoms. The molecule has 5 rings (SSSR count). The zero-order valence-corrected chi connectivity index (χ0v) is 39.0. The molecule has 1 saturated heterocycles. The van der Waals surface area contributed by atoms with Crippen LogP contribution in [0.3, 0.4) is 0 Å². The number of epoxide rings is 1. The summed E-state index contributed by atoms with van der Waals surface area (Å²) < 4.78 is 83.1. The zero-order chi connectivity index (χ0) is 46.2. The fourth-order valence-electron chi connectivity index (χ4n) is 3.66. The summed E-state index contributed by atoms with van der Waals surface area (Å²) in [5, 5.41) is 25.5. The number of carbonyl (C=O) groups is 2. The van der Waals surface area contributed by atoms with Crippen molar-refractivity contribution in [3.05, 3.63) is 119 Å². The molecule has 1 fully saturated rings. The first kappa shape index (κ1) is 62.9. The molecule has 5 N–H and O–H groups in total. The van der Waals surface area contributed by atoms with E-state index in [0.29, 0.717) is 51.5 Å². The van der Waals surface area contributed by atoms with Gasteiger partial charge in [-0.2, -0.15) is 44.0 Å². The number of aliphatic carboxylic acids is 2. The Morgan fingerprint density at radius 2 is 1.26 bits per heavy atom. The maximum Gasteiger partial charge on any atom is 1.00 e. The molecule has 3 aromatic carbocycles. The molecule has 11 nitrogen and oxygen atoms in total. The second-order valence-electron chi connectivity index (χ2n) is 11.1. The van der Waals surface area contributed by atoms with E-state index in [1.54, 1.807) is 0 Å². The third kappa shape index (κ3) is 39.4.